The quantitative estimate of drug-likeness (QED) is 0.850. The molecular formula is C13H17NO3. The molecule has 1 saturated carbocycles. The molecule has 0 saturated heterocycles. The topological polar surface area (TPSA) is 61.5 Å². The van der Waals surface area contributed by atoms with Crippen molar-refractivity contribution in [2.75, 3.05) is 0 Å². The number of carbonyl (C=O) groups excluding carboxylic acids is 1. The molecule has 1 amide bonds. The summed E-state index contributed by atoms with van der Waals surface area (Å²) < 4.78 is 11.3. The highest BCUT2D eigenvalue weighted by atomic mass is 16.5. The van der Waals surface area contributed by atoms with Crippen LogP contribution in [0.4, 0.5) is 0 Å². The number of ether oxygens (including phenoxy) is 2. The predicted molar refractivity (Wildman–Crippen MR) is 64.4 cm³/mol. The largest absolute Gasteiger partial charge is 0.487 e. The highest BCUT2D eigenvalue weighted by Gasteiger charge is 2.25. The lowest BCUT2D eigenvalue weighted by Crippen LogP contribution is -2.13. The first-order chi connectivity index (χ1) is 8.06. The SMILES string of the molecule is CC(C)Oc1ccc(C(N)=O)cc1OC1CC1. The standard InChI is InChI=1S/C13H17NO3/c1-8(2)16-11-6-3-9(13(14)15)7-12(11)17-10-4-5-10/h3,6-8,10H,4-5H2,1-2H3,(H2,14,15). The van der Waals surface area contributed by atoms with E-state index in [2.05, 4.69) is 0 Å². The van der Waals surface area contributed by atoms with Gasteiger partial charge in [0.15, 0.2) is 11.5 Å². The van der Waals surface area contributed by atoms with E-state index in [-0.39, 0.29) is 12.2 Å². The van der Waals surface area contributed by atoms with Gasteiger partial charge in [-0.15, -0.1) is 0 Å². The molecule has 0 atom stereocenters. The summed E-state index contributed by atoms with van der Waals surface area (Å²) in [6.45, 7) is 3.89. The zero-order chi connectivity index (χ0) is 12.4. The molecule has 2 rings (SSSR count). The van der Waals surface area contributed by atoms with Crippen LogP contribution in [0.2, 0.25) is 0 Å². The van der Waals surface area contributed by atoms with Crippen LogP contribution in [0.1, 0.15) is 37.0 Å². The van der Waals surface area contributed by atoms with Crippen molar-refractivity contribution >= 4 is 5.91 Å². The number of carbonyl (C=O) groups is 1. The number of amides is 1. The molecule has 1 aliphatic rings. The number of hydrogen-bond donors (Lipinski definition) is 1. The smallest absolute Gasteiger partial charge is 0.248 e. The van der Waals surface area contributed by atoms with E-state index in [0.29, 0.717) is 17.1 Å². The monoisotopic (exact) mass is 235 g/mol. The van der Waals surface area contributed by atoms with Crippen molar-refractivity contribution < 1.29 is 14.3 Å². The average molecular weight is 235 g/mol. The molecule has 17 heavy (non-hydrogen) atoms. The van der Waals surface area contributed by atoms with Crippen LogP contribution in [-0.2, 0) is 0 Å². The lowest BCUT2D eigenvalue weighted by molar-refractivity contribution is 0.0999. The zero-order valence-electron chi connectivity index (χ0n) is 10.1. The van der Waals surface area contributed by atoms with Crippen LogP contribution in [0.25, 0.3) is 0 Å². The van der Waals surface area contributed by atoms with Crippen LogP contribution in [0.5, 0.6) is 11.5 Å². The van der Waals surface area contributed by atoms with Gasteiger partial charge in [0.1, 0.15) is 0 Å². The van der Waals surface area contributed by atoms with E-state index in [1.807, 2.05) is 13.8 Å². The Morgan fingerprint density at radius 3 is 2.59 bits per heavy atom. The fourth-order valence-electron chi connectivity index (χ4n) is 1.47. The highest BCUT2D eigenvalue weighted by Crippen LogP contribution is 2.34. The molecule has 4 nitrogen and oxygen atoms in total. The van der Waals surface area contributed by atoms with E-state index in [0.717, 1.165) is 12.8 Å². The van der Waals surface area contributed by atoms with Gasteiger partial charge in [-0.05, 0) is 44.9 Å². The molecule has 1 aromatic carbocycles. The summed E-state index contributed by atoms with van der Waals surface area (Å²) in [7, 11) is 0. The van der Waals surface area contributed by atoms with Gasteiger partial charge in [0.05, 0.1) is 12.2 Å². The Morgan fingerprint density at radius 1 is 1.35 bits per heavy atom. The number of nitrogens with two attached hydrogens (primary N) is 1. The van der Waals surface area contributed by atoms with Gasteiger partial charge in [0.2, 0.25) is 5.91 Å². The lowest BCUT2D eigenvalue weighted by Gasteiger charge is -2.15. The summed E-state index contributed by atoms with van der Waals surface area (Å²) >= 11 is 0. The summed E-state index contributed by atoms with van der Waals surface area (Å²) in [6, 6.07) is 5.04. The van der Waals surface area contributed by atoms with E-state index >= 15 is 0 Å². The second kappa shape index (κ2) is 4.65. The van der Waals surface area contributed by atoms with Gasteiger partial charge in [-0.3, -0.25) is 4.79 Å². The molecule has 0 unspecified atom stereocenters. The minimum absolute atomic E-state index is 0.0657. The number of benzene rings is 1. The molecule has 0 aliphatic heterocycles. The summed E-state index contributed by atoms with van der Waals surface area (Å²) in [5, 5.41) is 0. The molecule has 0 spiro atoms. The van der Waals surface area contributed by atoms with Gasteiger partial charge in [0, 0.05) is 5.56 Å². The minimum atomic E-state index is -0.457. The van der Waals surface area contributed by atoms with E-state index in [9.17, 15) is 4.79 Å². The van der Waals surface area contributed by atoms with Crippen LogP contribution >= 0.6 is 0 Å². The first kappa shape index (κ1) is 11.8. The van der Waals surface area contributed by atoms with Crippen LogP contribution in [0.3, 0.4) is 0 Å². The minimum Gasteiger partial charge on any atom is -0.487 e. The van der Waals surface area contributed by atoms with Crippen molar-refractivity contribution in [3.8, 4) is 11.5 Å². The fourth-order valence-corrected chi connectivity index (χ4v) is 1.47. The van der Waals surface area contributed by atoms with Gasteiger partial charge >= 0.3 is 0 Å². The van der Waals surface area contributed by atoms with Crippen LogP contribution in [-0.4, -0.2) is 18.1 Å². The molecule has 2 N–H and O–H groups in total. The van der Waals surface area contributed by atoms with Crippen molar-refractivity contribution in [3.05, 3.63) is 23.8 Å². The highest BCUT2D eigenvalue weighted by molar-refractivity contribution is 5.93. The summed E-state index contributed by atoms with van der Waals surface area (Å²) in [6.07, 6.45) is 2.44. The first-order valence-electron chi connectivity index (χ1n) is 5.83. The van der Waals surface area contributed by atoms with E-state index in [4.69, 9.17) is 15.2 Å². The maximum absolute atomic E-state index is 11.1. The number of hydrogen-bond acceptors (Lipinski definition) is 3. The third kappa shape index (κ3) is 3.12. The maximum atomic E-state index is 11.1. The van der Waals surface area contributed by atoms with E-state index < -0.39 is 5.91 Å². The molecule has 92 valence electrons. The van der Waals surface area contributed by atoms with Gasteiger partial charge in [0.25, 0.3) is 0 Å². The molecule has 4 heteroatoms. The Morgan fingerprint density at radius 2 is 2.06 bits per heavy atom. The molecule has 1 aliphatic carbocycles. The zero-order valence-corrected chi connectivity index (χ0v) is 10.1. The maximum Gasteiger partial charge on any atom is 0.248 e. The van der Waals surface area contributed by atoms with Crippen molar-refractivity contribution in [3.63, 3.8) is 0 Å². The normalized spacial score (nSPS) is 14.8. The molecule has 0 radical (unpaired) electrons. The summed E-state index contributed by atoms with van der Waals surface area (Å²) in [5.41, 5.74) is 5.69. The average Bonchev–Trinajstić information content (AvgIpc) is 3.03. The Kier molecular flexibility index (Phi) is 3.22. The molecule has 0 aromatic heterocycles. The summed E-state index contributed by atoms with van der Waals surface area (Å²) in [4.78, 5) is 11.1. The molecule has 1 fully saturated rings. The predicted octanol–water partition coefficient (Wildman–Crippen LogP) is 2.11. The van der Waals surface area contributed by atoms with Crippen molar-refractivity contribution in [2.45, 2.75) is 38.9 Å². The third-order valence-electron chi connectivity index (χ3n) is 2.41. The second-order valence-corrected chi connectivity index (χ2v) is 4.51. The third-order valence-corrected chi connectivity index (χ3v) is 2.41. The second-order valence-electron chi connectivity index (χ2n) is 4.51. The Balaban J connectivity index is 2.25. The molecule has 0 bridgehead atoms. The lowest BCUT2D eigenvalue weighted by atomic mass is 10.2. The number of primary amides is 1. The Labute approximate surface area is 101 Å². The Bertz CT molecular complexity index is 425. The van der Waals surface area contributed by atoms with Crippen LogP contribution < -0.4 is 15.2 Å². The van der Waals surface area contributed by atoms with Gasteiger partial charge in [-0.2, -0.15) is 0 Å². The van der Waals surface area contributed by atoms with Crippen molar-refractivity contribution in [1.82, 2.24) is 0 Å². The van der Waals surface area contributed by atoms with Crippen molar-refractivity contribution in [1.29, 1.82) is 0 Å². The van der Waals surface area contributed by atoms with Crippen LogP contribution in [0, 0.1) is 0 Å². The summed E-state index contributed by atoms with van der Waals surface area (Å²) in [5.74, 6) is 0.816. The molecule has 0 heterocycles. The first-order valence-corrected chi connectivity index (χ1v) is 5.83. The molecular weight excluding hydrogens is 218 g/mol. The Hall–Kier alpha value is -1.71. The van der Waals surface area contributed by atoms with Gasteiger partial charge in [-0.25, -0.2) is 0 Å². The van der Waals surface area contributed by atoms with E-state index in [1.165, 1.54) is 0 Å². The molecule has 1 aromatic rings. The van der Waals surface area contributed by atoms with Crippen LogP contribution in [0.15, 0.2) is 18.2 Å². The van der Waals surface area contributed by atoms with Gasteiger partial charge in [-0.1, -0.05) is 0 Å². The van der Waals surface area contributed by atoms with Crippen molar-refractivity contribution in [2.24, 2.45) is 5.73 Å². The fraction of sp³-hybridized carbons (Fsp3) is 0.462. The van der Waals surface area contributed by atoms with E-state index in [1.54, 1.807) is 18.2 Å². The van der Waals surface area contributed by atoms with Gasteiger partial charge < -0.3 is 15.2 Å². The number of rotatable bonds is 5.